The van der Waals surface area contributed by atoms with Crippen molar-refractivity contribution >= 4 is 11.9 Å². The van der Waals surface area contributed by atoms with Crippen molar-refractivity contribution in [3.05, 3.63) is 35.9 Å². The monoisotopic (exact) mass is 289 g/mol. The van der Waals surface area contributed by atoms with Crippen LogP contribution in [0.4, 0.5) is 4.79 Å². The summed E-state index contributed by atoms with van der Waals surface area (Å²) < 4.78 is 0. The molecule has 7 heteroatoms. The number of fused-ring (bicyclic) bond motifs is 1. The molecule has 2 fully saturated rings. The van der Waals surface area contributed by atoms with Gasteiger partial charge in [-0.25, -0.2) is 10.6 Å². The maximum atomic E-state index is 12.2. The van der Waals surface area contributed by atoms with Crippen molar-refractivity contribution in [2.45, 2.75) is 12.1 Å². The Morgan fingerprint density at radius 3 is 2.81 bits per heavy atom. The van der Waals surface area contributed by atoms with Crippen molar-refractivity contribution in [3.8, 4) is 0 Å². The van der Waals surface area contributed by atoms with E-state index in [0.717, 1.165) is 5.56 Å². The van der Waals surface area contributed by atoms with Crippen molar-refractivity contribution in [1.82, 2.24) is 20.5 Å². The molecule has 0 spiro atoms. The van der Waals surface area contributed by atoms with Crippen LogP contribution in [-0.4, -0.2) is 54.0 Å². The summed E-state index contributed by atoms with van der Waals surface area (Å²) in [6.45, 7) is 2.56. The van der Waals surface area contributed by atoms with Gasteiger partial charge in [-0.2, -0.15) is 0 Å². The van der Waals surface area contributed by atoms with Crippen molar-refractivity contribution < 1.29 is 9.59 Å². The topological polar surface area (TPSA) is 90.7 Å². The molecule has 2 aliphatic heterocycles. The zero-order valence-electron chi connectivity index (χ0n) is 11.7. The molecule has 1 aromatic carbocycles. The molecular weight excluding hydrogens is 270 g/mol. The number of benzene rings is 1. The lowest BCUT2D eigenvalue weighted by molar-refractivity contribution is -0.127. The minimum Gasteiger partial charge on any atom is -0.336 e. The zero-order chi connectivity index (χ0) is 14.8. The molecule has 0 saturated carbocycles. The molecule has 2 atom stereocenters. The maximum absolute atomic E-state index is 12.2. The predicted molar refractivity (Wildman–Crippen MR) is 77.0 cm³/mol. The Morgan fingerprint density at radius 2 is 2.10 bits per heavy atom. The number of carbonyl (C=O) groups is 2. The van der Waals surface area contributed by atoms with Gasteiger partial charge in [0.2, 0.25) is 0 Å². The Bertz CT molecular complexity index is 535. The van der Waals surface area contributed by atoms with E-state index in [1.165, 1.54) is 0 Å². The molecule has 3 amide bonds. The summed E-state index contributed by atoms with van der Waals surface area (Å²) in [7, 11) is 0. The molecule has 4 N–H and O–H groups in total. The molecule has 2 heterocycles. The SMILES string of the molecule is NNC(=O)C(c1ccccc1)N1CCN2C(=O)NCC2C1. The summed E-state index contributed by atoms with van der Waals surface area (Å²) in [5.41, 5.74) is 3.16. The molecule has 2 saturated heterocycles. The van der Waals surface area contributed by atoms with Gasteiger partial charge in [0.05, 0.1) is 6.04 Å². The van der Waals surface area contributed by atoms with Crippen molar-refractivity contribution in [2.24, 2.45) is 5.84 Å². The zero-order valence-corrected chi connectivity index (χ0v) is 11.7. The van der Waals surface area contributed by atoms with E-state index in [0.29, 0.717) is 26.2 Å². The van der Waals surface area contributed by atoms with Crippen LogP contribution in [0.2, 0.25) is 0 Å². The number of nitrogens with zero attached hydrogens (tertiary/aromatic N) is 2. The van der Waals surface area contributed by atoms with Gasteiger partial charge in [0, 0.05) is 26.2 Å². The standard InChI is InChI=1S/C14H19N5O2/c15-17-13(20)12(10-4-2-1-3-5-10)18-6-7-19-11(9-18)8-16-14(19)21/h1-5,11-12H,6-9,15H2,(H,16,21)(H,17,20). The number of hydrazine groups is 1. The van der Waals surface area contributed by atoms with Crippen molar-refractivity contribution in [3.63, 3.8) is 0 Å². The first-order chi connectivity index (χ1) is 10.2. The Labute approximate surface area is 123 Å². The second kappa shape index (κ2) is 5.71. The number of amides is 3. The van der Waals surface area contributed by atoms with Gasteiger partial charge >= 0.3 is 6.03 Å². The van der Waals surface area contributed by atoms with Crippen LogP contribution in [0.15, 0.2) is 30.3 Å². The first kappa shape index (κ1) is 13.8. The van der Waals surface area contributed by atoms with Crippen LogP contribution in [0.1, 0.15) is 11.6 Å². The van der Waals surface area contributed by atoms with Gasteiger partial charge in [-0.05, 0) is 5.56 Å². The molecule has 0 aromatic heterocycles. The van der Waals surface area contributed by atoms with Gasteiger partial charge in [-0.15, -0.1) is 0 Å². The maximum Gasteiger partial charge on any atom is 0.317 e. The van der Waals surface area contributed by atoms with E-state index in [-0.39, 0.29) is 18.0 Å². The van der Waals surface area contributed by atoms with Gasteiger partial charge in [-0.3, -0.25) is 15.1 Å². The summed E-state index contributed by atoms with van der Waals surface area (Å²) in [4.78, 5) is 27.8. The summed E-state index contributed by atoms with van der Waals surface area (Å²) in [5, 5.41) is 2.84. The smallest absolute Gasteiger partial charge is 0.317 e. The Kier molecular flexibility index (Phi) is 3.76. The largest absolute Gasteiger partial charge is 0.336 e. The van der Waals surface area contributed by atoms with Crippen LogP contribution in [0.5, 0.6) is 0 Å². The average Bonchev–Trinajstić information content (AvgIpc) is 2.89. The highest BCUT2D eigenvalue weighted by atomic mass is 16.2. The van der Waals surface area contributed by atoms with Gasteiger partial charge in [0.1, 0.15) is 6.04 Å². The van der Waals surface area contributed by atoms with Crippen LogP contribution in [0, 0.1) is 0 Å². The number of hydrogen-bond donors (Lipinski definition) is 3. The Balaban J connectivity index is 1.81. The second-order valence-corrected chi connectivity index (χ2v) is 5.35. The number of rotatable bonds is 3. The van der Waals surface area contributed by atoms with Crippen LogP contribution in [-0.2, 0) is 4.79 Å². The minimum absolute atomic E-state index is 0.0146. The average molecular weight is 289 g/mol. The molecular formula is C14H19N5O2. The number of carbonyl (C=O) groups excluding carboxylic acids is 2. The number of hydrogen-bond acceptors (Lipinski definition) is 4. The van der Waals surface area contributed by atoms with Crippen LogP contribution < -0.4 is 16.6 Å². The Hall–Kier alpha value is -2.12. The number of nitrogens with two attached hydrogens (primary N) is 1. The highest BCUT2D eigenvalue weighted by Gasteiger charge is 2.39. The molecule has 2 unspecified atom stereocenters. The van der Waals surface area contributed by atoms with Gasteiger partial charge < -0.3 is 10.2 Å². The number of nitrogens with one attached hydrogen (secondary N) is 2. The molecule has 2 aliphatic rings. The fourth-order valence-corrected chi connectivity index (χ4v) is 3.10. The third kappa shape index (κ3) is 2.57. The lowest BCUT2D eigenvalue weighted by Crippen LogP contribution is -2.55. The van der Waals surface area contributed by atoms with Crippen LogP contribution >= 0.6 is 0 Å². The molecule has 112 valence electrons. The minimum atomic E-state index is -0.422. The number of urea groups is 1. The van der Waals surface area contributed by atoms with Crippen molar-refractivity contribution in [2.75, 3.05) is 26.2 Å². The van der Waals surface area contributed by atoms with E-state index in [2.05, 4.69) is 15.6 Å². The van der Waals surface area contributed by atoms with E-state index in [9.17, 15) is 9.59 Å². The predicted octanol–water partition coefficient (Wildman–Crippen LogP) is -0.573. The van der Waals surface area contributed by atoms with Crippen molar-refractivity contribution in [1.29, 1.82) is 0 Å². The third-order valence-electron chi connectivity index (χ3n) is 4.13. The molecule has 7 nitrogen and oxygen atoms in total. The van der Waals surface area contributed by atoms with Crippen LogP contribution in [0.3, 0.4) is 0 Å². The lowest BCUT2D eigenvalue weighted by Gasteiger charge is -2.40. The highest BCUT2D eigenvalue weighted by molar-refractivity contribution is 5.83. The third-order valence-corrected chi connectivity index (χ3v) is 4.13. The van der Waals surface area contributed by atoms with Gasteiger partial charge in [0.15, 0.2) is 0 Å². The van der Waals surface area contributed by atoms with Gasteiger partial charge in [-0.1, -0.05) is 30.3 Å². The quantitative estimate of drug-likeness (QED) is 0.395. The van der Waals surface area contributed by atoms with E-state index in [4.69, 9.17) is 5.84 Å². The number of piperazine rings is 1. The van der Waals surface area contributed by atoms with Gasteiger partial charge in [0.25, 0.3) is 5.91 Å². The lowest BCUT2D eigenvalue weighted by atomic mass is 10.0. The Morgan fingerprint density at radius 1 is 1.33 bits per heavy atom. The second-order valence-electron chi connectivity index (χ2n) is 5.35. The summed E-state index contributed by atoms with van der Waals surface area (Å²) >= 11 is 0. The summed E-state index contributed by atoms with van der Waals surface area (Å²) in [5.74, 6) is 5.11. The first-order valence-corrected chi connectivity index (χ1v) is 7.04. The first-order valence-electron chi connectivity index (χ1n) is 7.04. The summed E-state index contributed by atoms with van der Waals surface area (Å²) in [6, 6.07) is 9.25. The van der Waals surface area contributed by atoms with E-state index in [1.807, 2.05) is 35.2 Å². The molecule has 3 rings (SSSR count). The van der Waals surface area contributed by atoms with Crippen LogP contribution in [0.25, 0.3) is 0 Å². The van der Waals surface area contributed by atoms with E-state index in [1.54, 1.807) is 0 Å². The summed E-state index contributed by atoms with van der Waals surface area (Å²) in [6.07, 6.45) is 0. The van der Waals surface area contributed by atoms with E-state index >= 15 is 0 Å². The van der Waals surface area contributed by atoms with E-state index < -0.39 is 6.04 Å². The molecule has 21 heavy (non-hydrogen) atoms. The molecule has 0 aliphatic carbocycles. The molecule has 1 aromatic rings. The molecule has 0 bridgehead atoms. The fraction of sp³-hybridized carbons (Fsp3) is 0.429. The molecule has 0 radical (unpaired) electrons. The fourth-order valence-electron chi connectivity index (χ4n) is 3.10. The highest BCUT2D eigenvalue weighted by Crippen LogP contribution is 2.25. The normalized spacial score (nSPS) is 23.4.